The van der Waals surface area contributed by atoms with Gasteiger partial charge in [-0.15, -0.1) is 0 Å². The second kappa shape index (κ2) is 30.3. The molecule has 1 saturated heterocycles. The molecule has 0 amide bonds. The van der Waals surface area contributed by atoms with Gasteiger partial charge in [0.25, 0.3) is 0 Å². The molecule has 0 spiro atoms. The first kappa shape index (κ1) is 47.1. The highest BCUT2D eigenvalue weighted by Gasteiger charge is 2.25. The van der Waals surface area contributed by atoms with E-state index in [1.165, 1.54) is 6.92 Å². The van der Waals surface area contributed by atoms with Gasteiger partial charge in [0.05, 0.1) is 36.1 Å². The number of benzene rings is 1. The lowest BCUT2D eigenvalue weighted by Gasteiger charge is -2.33. The Kier molecular flexibility index (Phi) is 31.0. The van der Waals surface area contributed by atoms with Crippen LogP contribution >= 0.6 is 0 Å². The minimum Gasteiger partial charge on any atom is -0.463 e. The number of esters is 3. The Morgan fingerprint density at radius 2 is 1.33 bits per heavy atom. The molecular weight excluding hydrogens is 592 g/mol. The summed E-state index contributed by atoms with van der Waals surface area (Å²) >= 11 is 0. The van der Waals surface area contributed by atoms with Crippen LogP contribution in [-0.2, 0) is 42.9 Å². The largest absolute Gasteiger partial charge is 0.463 e. The summed E-state index contributed by atoms with van der Waals surface area (Å²) in [4.78, 5) is 48.6. The van der Waals surface area contributed by atoms with Gasteiger partial charge in [0.2, 0.25) is 0 Å². The number of carbonyl (C=O) groups is 3. The molecule has 0 bridgehead atoms. The van der Waals surface area contributed by atoms with Crippen LogP contribution in [0.15, 0.2) is 42.5 Å². The van der Waals surface area contributed by atoms with Crippen LogP contribution in [0.4, 0.5) is 0 Å². The maximum Gasteiger partial charge on any atom is 0.373 e. The van der Waals surface area contributed by atoms with E-state index in [1.54, 1.807) is 19.1 Å². The number of carbonyl (C=O) groups excluding carboxylic acids is 5. The molecule has 0 saturated carbocycles. The molecule has 1 fully saturated rings. The maximum atomic E-state index is 11.4. The fourth-order valence-electron chi connectivity index (χ4n) is 3.26. The van der Waals surface area contributed by atoms with Crippen molar-refractivity contribution in [1.82, 2.24) is 0 Å². The molecule has 46 heavy (non-hydrogen) atoms. The number of hydrogen-bond donors (Lipinski definition) is 0. The predicted molar refractivity (Wildman–Crippen MR) is 178 cm³/mol. The number of hydrogen-bond acceptors (Lipinski definition) is 10. The highest BCUT2D eigenvalue weighted by Crippen LogP contribution is 2.22. The van der Waals surface area contributed by atoms with Gasteiger partial charge >= 0.3 is 24.1 Å². The summed E-state index contributed by atoms with van der Waals surface area (Å²) in [6.45, 7) is 24.6. The summed E-state index contributed by atoms with van der Waals surface area (Å²) < 4.78 is 26.2. The normalized spacial score (nSPS) is 18.1. The average molecular weight is 653 g/mol. The molecule has 6 unspecified atom stereocenters. The molecule has 264 valence electrons. The van der Waals surface area contributed by atoms with Crippen LogP contribution in [0.25, 0.3) is 0 Å². The number of ether oxygens (including phenoxy) is 5. The second-order valence-electron chi connectivity index (χ2n) is 10.9. The first-order valence-electron chi connectivity index (χ1n) is 16.2. The van der Waals surface area contributed by atoms with Gasteiger partial charge in [-0.05, 0) is 85.3 Å². The summed E-state index contributed by atoms with van der Waals surface area (Å²) in [6, 6.07) is 9.04. The maximum absolute atomic E-state index is 11.4. The molecule has 0 N–H and O–H groups in total. The Labute approximate surface area is 277 Å². The lowest BCUT2D eigenvalue weighted by atomic mass is 10.1. The van der Waals surface area contributed by atoms with Crippen molar-refractivity contribution in [3.05, 3.63) is 48.0 Å². The van der Waals surface area contributed by atoms with Crippen LogP contribution < -0.4 is 0 Å². The van der Waals surface area contributed by atoms with E-state index < -0.39 is 0 Å². The van der Waals surface area contributed by atoms with Crippen LogP contribution in [0.3, 0.4) is 0 Å². The quantitative estimate of drug-likeness (QED) is 0.131. The molecule has 6 atom stereocenters. The van der Waals surface area contributed by atoms with Crippen molar-refractivity contribution < 1.29 is 47.7 Å². The molecule has 0 aromatic heterocycles. The Bertz CT molecular complexity index is 972. The Hall–Kier alpha value is -3.33. The standard InChI is InChI=1S/C11H14O2.C10H20O2.C8H14O2.C6H12O2.CO2/c1-3-9(2)13-11(12)10-7-5-4-6-8-10;1-4-6-10-11-8(3)7-9(5-2)12-10;1-5-7(4)10-8(9)6(2)3;1-4-5(2)8-6(3)7;2-1-3/h4-9H,3H2,1-2H3;8-10H,4-7H2,1-3H3;7H,2,5H2,1,3-4H3;5H,4H2,1-3H3;. The molecule has 1 aromatic rings. The molecular formula is C36H60O10. The lowest BCUT2D eigenvalue weighted by molar-refractivity contribution is -0.240. The SMILES string of the molecule is C=C(C)C(=O)OC(C)CC.CCC(C)OC(=O)c1ccccc1.CCC(C)OC(C)=O.CCCC1OC(C)CC(CC)O1.O=C=O. The third kappa shape index (κ3) is 28.2. The summed E-state index contributed by atoms with van der Waals surface area (Å²) in [5.74, 6) is -0.733. The number of rotatable bonds is 11. The van der Waals surface area contributed by atoms with Crippen molar-refractivity contribution in [3.8, 4) is 0 Å². The van der Waals surface area contributed by atoms with E-state index in [-0.39, 0.29) is 48.7 Å². The summed E-state index contributed by atoms with van der Waals surface area (Å²) in [7, 11) is 0. The minimum atomic E-state index is -0.297. The third-order valence-corrected chi connectivity index (χ3v) is 6.37. The van der Waals surface area contributed by atoms with Crippen LogP contribution in [0.1, 0.15) is 131 Å². The van der Waals surface area contributed by atoms with Crippen molar-refractivity contribution in [2.75, 3.05) is 0 Å². The zero-order valence-corrected chi connectivity index (χ0v) is 30.1. The van der Waals surface area contributed by atoms with Gasteiger partial charge in [-0.1, -0.05) is 65.8 Å². The zero-order chi connectivity index (χ0) is 36.1. The smallest absolute Gasteiger partial charge is 0.373 e. The van der Waals surface area contributed by atoms with Crippen molar-refractivity contribution in [3.63, 3.8) is 0 Å². The van der Waals surface area contributed by atoms with Crippen molar-refractivity contribution in [2.24, 2.45) is 0 Å². The first-order valence-corrected chi connectivity index (χ1v) is 16.2. The van der Waals surface area contributed by atoms with E-state index in [4.69, 9.17) is 33.3 Å². The fraction of sp³-hybridized carbons (Fsp3) is 0.667. The highest BCUT2D eigenvalue weighted by molar-refractivity contribution is 5.89. The van der Waals surface area contributed by atoms with Gasteiger partial charge in [-0.2, -0.15) is 9.59 Å². The Balaban J connectivity index is -0.000000528. The first-order chi connectivity index (χ1) is 21.6. The Morgan fingerprint density at radius 3 is 1.72 bits per heavy atom. The van der Waals surface area contributed by atoms with Gasteiger partial charge in [0.15, 0.2) is 6.29 Å². The van der Waals surface area contributed by atoms with Crippen LogP contribution in [0, 0.1) is 0 Å². The summed E-state index contributed by atoms with van der Waals surface area (Å²) in [6.07, 6.45) is 8.08. The second-order valence-corrected chi connectivity index (χ2v) is 10.9. The average Bonchev–Trinajstić information content (AvgIpc) is 3.02. The predicted octanol–water partition coefficient (Wildman–Crippen LogP) is 8.03. The van der Waals surface area contributed by atoms with Gasteiger partial charge in [-0.25, -0.2) is 9.59 Å². The monoisotopic (exact) mass is 652 g/mol. The van der Waals surface area contributed by atoms with E-state index in [1.807, 2.05) is 59.7 Å². The molecule has 2 rings (SSSR count). The van der Waals surface area contributed by atoms with Gasteiger partial charge in [0, 0.05) is 12.5 Å². The third-order valence-electron chi connectivity index (χ3n) is 6.37. The van der Waals surface area contributed by atoms with E-state index in [0.29, 0.717) is 23.3 Å². The topological polar surface area (TPSA) is 132 Å². The minimum absolute atomic E-state index is 0.00389. The van der Waals surface area contributed by atoms with Crippen LogP contribution in [0.5, 0.6) is 0 Å². The van der Waals surface area contributed by atoms with Crippen LogP contribution in [-0.4, -0.2) is 60.9 Å². The molecule has 1 aliphatic heterocycles. The van der Waals surface area contributed by atoms with Gasteiger partial charge in [0.1, 0.15) is 0 Å². The lowest BCUT2D eigenvalue weighted by Crippen LogP contribution is -2.36. The molecule has 1 aromatic carbocycles. The molecule has 1 heterocycles. The summed E-state index contributed by atoms with van der Waals surface area (Å²) in [5.41, 5.74) is 1.07. The van der Waals surface area contributed by atoms with Gasteiger partial charge < -0.3 is 23.7 Å². The molecule has 0 aliphatic carbocycles. The molecule has 10 heteroatoms. The van der Waals surface area contributed by atoms with Crippen molar-refractivity contribution in [2.45, 2.75) is 158 Å². The molecule has 10 nitrogen and oxygen atoms in total. The van der Waals surface area contributed by atoms with E-state index in [0.717, 1.165) is 44.9 Å². The van der Waals surface area contributed by atoms with Crippen molar-refractivity contribution in [1.29, 1.82) is 0 Å². The summed E-state index contributed by atoms with van der Waals surface area (Å²) in [5, 5.41) is 0. The molecule has 0 radical (unpaired) electrons. The van der Waals surface area contributed by atoms with Crippen LogP contribution in [0.2, 0.25) is 0 Å². The highest BCUT2D eigenvalue weighted by atomic mass is 16.7. The Morgan fingerprint density at radius 1 is 0.848 bits per heavy atom. The zero-order valence-electron chi connectivity index (χ0n) is 30.1. The van der Waals surface area contributed by atoms with E-state index in [9.17, 15) is 14.4 Å². The fourth-order valence-corrected chi connectivity index (χ4v) is 3.26. The van der Waals surface area contributed by atoms with E-state index in [2.05, 4.69) is 27.4 Å². The van der Waals surface area contributed by atoms with Crippen molar-refractivity contribution >= 4 is 24.1 Å². The van der Waals surface area contributed by atoms with E-state index >= 15 is 0 Å². The van der Waals surface area contributed by atoms with Gasteiger partial charge in [-0.3, -0.25) is 4.79 Å². The molecule has 1 aliphatic rings.